The van der Waals surface area contributed by atoms with Gasteiger partial charge in [0.15, 0.2) is 16.9 Å². The van der Waals surface area contributed by atoms with E-state index < -0.39 is 0 Å². The first-order chi connectivity index (χ1) is 14.7. The van der Waals surface area contributed by atoms with Crippen molar-refractivity contribution in [2.45, 2.75) is 13.5 Å². The second-order valence-electron chi connectivity index (χ2n) is 7.27. The summed E-state index contributed by atoms with van der Waals surface area (Å²) in [5.74, 6) is 1.97. The highest BCUT2D eigenvalue weighted by Crippen LogP contribution is 2.34. The van der Waals surface area contributed by atoms with Gasteiger partial charge in [-0.05, 0) is 42.3 Å². The molecule has 0 amide bonds. The van der Waals surface area contributed by atoms with Gasteiger partial charge in [0.2, 0.25) is 0 Å². The zero-order valence-electron chi connectivity index (χ0n) is 16.5. The van der Waals surface area contributed by atoms with Crippen LogP contribution in [-0.4, -0.2) is 13.2 Å². The van der Waals surface area contributed by atoms with Gasteiger partial charge in [0.1, 0.15) is 37.4 Å². The lowest BCUT2D eigenvalue weighted by Gasteiger charge is -2.18. The van der Waals surface area contributed by atoms with Crippen LogP contribution in [0.2, 0.25) is 0 Å². The fraction of sp³-hybridized carbons (Fsp3) is 0.160. The van der Waals surface area contributed by atoms with Crippen LogP contribution in [-0.2, 0) is 6.61 Å². The number of fused-ring (bicyclic) bond motifs is 2. The highest BCUT2D eigenvalue weighted by atomic mass is 16.6. The molecule has 1 aliphatic rings. The van der Waals surface area contributed by atoms with Crippen LogP contribution in [0.3, 0.4) is 0 Å². The molecule has 0 bridgehead atoms. The molecule has 30 heavy (non-hydrogen) atoms. The maximum Gasteiger partial charge on any atom is 0.200 e. The first-order valence-electron chi connectivity index (χ1n) is 9.81. The van der Waals surface area contributed by atoms with E-state index in [4.69, 9.17) is 18.6 Å². The van der Waals surface area contributed by atoms with E-state index >= 15 is 0 Å². The Bertz CT molecular complexity index is 1270. The third-order valence-electron chi connectivity index (χ3n) is 5.13. The molecule has 5 rings (SSSR count). The number of rotatable bonds is 4. The largest absolute Gasteiger partial charge is 0.489 e. The molecule has 0 unspecified atom stereocenters. The molecule has 0 saturated carbocycles. The summed E-state index contributed by atoms with van der Waals surface area (Å²) in [6, 6.07) is 18.9. The molecule has 0 fully saturated rings. The SMILES string of the molecule is Cc1ccc(COc2ccc3c(=O)c(-c4ccc5c(c4)OCCO5)coc3c2)cc1. The maximum atomic E-state index is 13.0. The van der Waals surface area contributed by atoms with Crippen molar-refractivity contribution in [2.75, 3.05) is 13.2 Å². The van der Waals surface area contributed by atoms with E-state index in [-0.39, 0.29) is 5.43 Å². The monoisotopic (exact) mass is 400 g/mol. The van der Waals surface area contributed by atoms with Crippen molar-refractivity contribution in [2.24, 2.45) is 0 Å². The Morgan fingerprint density at radius 1 is 0.900 bits per heavy atom. The second kappa shape index (κ2) is 7.59. The summed E-state index contributed by atoms with van der Waals surface area (Å²) in [6.07, 6.45) is 1.49. The molecule has 0 aliphatic carbocycles. The van der Waals surface area contributed by atoms with Crippen LogP contribution >= 0.6 is 0 Å². The van der Waals surface area contributed by atoms with Crippen molar-refractivity contribution in [1.82, 2.24) is 0 Å². The van der Waals surface area contributed by atoms with Crippen molar-refractivity contribution in [3.05, 3.63) is 88.3 Å². The summed E-state index contributed by atoms with van der Waals surface area (Å²) in [7, 11) is 0. The van der Waals surface area contributed by atoms with Gasteiger partial charge >= 0.3 is 0 Å². The molecule has 5 nitrogen and oxygen atoms in total. The summed E-state index contributed by atoms with van der Waals surface area (Å²) in [5.41, 5.74) is 3.89. The lowest BCUT2D eigenvalue weighted by Crippen LogP contribution is -2.15. The standard InChI is InChI=1S/C25H20O5/c1-16-2-4-17(5-3-16)14-29-19-7-8-20-23(13-19)30-15-21(25(20)26)18-6-9-22-24(12-18)28-11-10-27-22/h2-9,12-13,15H,10-11,14H2,1H3. The quantitative estimate of drug-likeness (QED) is 0.476. The summed E-state index contributed by atoms with van der Waals surface area (Å²) in [6.45, 7) is 3.52. The van der Waals surface area contributed by atoms with Crippen LogP contribution in [0.15, 0.2) is 76.1 Å². The average Bonchev–Trinajstić information content (AvgIpc) is 2.78. The van der Waals surface area contributed by atoms with Gasteiger partial charge in [-0.3, -0.25) is 4.79 Å². The van der Waals surface area contributed by atoms with E-state index in [1.165, 1.54) is 11.8 Å². The second-order valence-corrected chi connectivity index (χ2v) is 7.27. The van der Waals surface area contributed by atoms with Crippen molar-refractivity contribution in [1.29, 1.82) is 0 Å². The highest BCUT2D eigenvalue weighted by molar-refractivity contribution is 5.83. The van der Waals surface area contributed by atoms with Crippen LogP contribution in [0.4, 0.5) is 0 Å². The van der Waals surface area contributed by atoms with Crippen molar-refractivity contribution >= 4 is 11.0 Å². The molecule has 2 heterocycles. The van der Waals surface area contributed by atoms with Crippen molar-refractivity contribution in [3.63, 3.8) is 0 Å². The summed E-state index contributed by atoms with van der Waals surface area (Å²) < 4.78 is 22.8. The van der Waals surface area contributed by atoms with Gasteiger partial charge in [-0.15, -0.1) is 0 Å². The van der Waals surface area contributed by atoms with Crippen molar-refractivity contribution in [3.8, 4) is 28.4 Å². The zero-order valence-corrected chi connectivity index (χ0v) is 16.5. The normalized spacial score (nSPS) is 12.7. The predicted octanol–water partition coefficient (Wildman–Crippen LogP) is 5.12. The van der Waals surface area contributed by atoms with Gasteiger partial charge in [-0.2, -0.15) is 0 Å². The first kappa shape index (κ1) is 18.3. The number of aryl methyl sites for hydroxylation is 1. The average molecular weight is 400 g/mol. The Morgan fingerprint density at radius 3 is 2.53 bits per heavy atom. The predicted molar refractivity (Wildman–Crippen MR) is 114 cm³/mol. The van der Waals surface area contributed by atoms with Crippen molar-refractivity contribution < 1.29 is 18.6 Å². The zero-order chi connectivity index (χ0) is 20.5. The molecule has 3 aromatic carbocycles. The molecule has 0 radical (unpaired) electrons. The van der Waals surface area contributed by atoms with Gasteiger partial charge in [0, 0.05) is 6.07 Å². The third-order valence-corrected chi connectivity index (χ3v) is 5.13. The summed E-state index contributed by atoms with van der Waals surface area (Å²) >= 11 is 0. The van der Waals surface area contributed by atoms with Gasteiger partial charge in [0.25, 0.3) is 0 Å². The smallest absolute Gasteiger partial charge is 0.200 e. The molecule has 150 valence electrons. The molecule has 0 N–H and O–H groups in total. The van der Waals surface area contributed by atoms with Crippen LogP contribution < -0.4 is 19.6 Å². The minimum atomic E-state index is -0.0991. The third kappa shape index (κ3) is 3.50. The van der Waals surface area contributed by atoms with Gasteiger partial charge in [-0.1, -0.05) is 35.9 Å². The van der Waals surface area contributed by atoms with Crippen LogP contribution in [0, 0.1) is 6.92 Å². The number of benzene rings is 3. The molecular formula is C25H20O5. The molecule has 0 spiro atoms. The Hall–Kier alpha value is -3.73. The molecule has 1 aliphatic heterocycles. The molecular weight excluding hydrogens is 380 g/mol. The van der Waals surface area contributed by atoms with E-state index in [1.54, 1.807) is 18.2 Å². The van der Waals surface area contributed by atoms with Crippen LogP contribution in [0.25, 0.3) is 22.1 Å². The topological polar surface area (TPSA) is 57.9 Å². The van der Waals surface area contributed by atoms with E-state index in [2.05, 4.69) is 19.1 Å². The molecule has 5 heteroatoms. The highest BCUT2D eigenvalue weighted by Gasteiger charge is 2.15. The van der Waals surface area contributed by atoms with Gasteiger partial charge in [-0.25, -0.2) is 0 Å². The maximum absolute atomic E-state index is 13.0. The number of hydrogen-bond donors (Lipinski definition) is 0. The Kier molecular flexibility index (Phi) is 4.64. The van der Waals surface area contributed by atoms with E-state index in [0.717, 1.165) is 11.1 Å². The van der Waals surface area contributed by atoms with E-state index in [0.29, 0.717) is 53.6 Å². The number of ether oxygens (including phenoxy) is 3. The molecule has 4 aromatic rings. The minimum absolute atomic E-state index is 0.0991. The first-order valence-corrected chi connectivity index (χ1v) is 9.81. The molecule has 1 aromatic heterocycles. The van der Waals surface area contributed by atoms with E-state index in [9.17, 15) is 4.79 Å². The molecule has 0 atom stereocenters. The molecule has 0 saturated heterocycles. The Labute approximate surface area is 173 Å². The summed E-state index contributed by atoms with van der Waals surface area (Å²) in [5, 5.41) is 0.505. The Morgan fingerprint density at radius 2 is 1.70 bits per heavy atom. The van der Waals surface area contributed by atoms with Crippen LogP contribution in [0.5, 0.6) is 17.2 Å². The fourth-order valence-corrected chi connectivity index (χ4v) is 3.46. The fourth-order valence-electron chi connectivity index (χ4n) is 3.46. The van der Waals surface area contributed by atoms with Gasteiger partial charge in [0.05, 0.1) is 10.9 Å². The minimum Gasteiger partial charge on any atom is -0.489 e. The van der Waals surface area contributed by atoms with Crippen LogP contribution in [0.1, 0.15) is 11.1 Å². The van der Waals surface area contributed by atoms with E-state index in [1.807, 2.05) is 30.3 Å². The lowest BCUT2D eigenvalue weighted by molar-refractivity contribution is 0.171. The number of hydrogen-bond acceptors (Lipinski definition) is 5. The Balaban J connectivity index is 1.43. The summed E-state index contributed by atoms with van der Waals surface area (Å²) in [4.78, 5) is 13.0. The lowest BCUT2D eigenvalue weighted by atomic mass is 10.0. The van der Waals surface area contributed by atoms with Gasteiger partial charge < -0.3 is 18.6 Å².